The van der Waals surface area contributed by atoms with Gasteiger partial charge in [0.1, 0.15) is 5.78 Å². The molecule has 106 valence electrons. The van der Waals surface area contributed by atoms with Gasteiger partial charge in [0.2, 0.25) is 0 Å². The standard InChI is InChI=1S/C15H17BrN2O2/c1-15(2)8-12(7-13(19)9-15)17-18-14(20)10-3-5-11(16)6-4-10/h3-6H,7-9H2,1-2H3,(H,18,20)/b17-12+. The molecule has 0 unspecified atom stereocenters. The lowest BCUT2D eigenvalue weighted by atomic mass is 9.76. The Bertz CT molecular complexity index is 562. The first kappa shape index (κ1) is 14.9. The molecule has 5 heteroatoms. The van der Waals surface area contributed by atoms with Crippen molar-refractivity contribution in [2.75, 3.05) is 0 Å². The Hall–Kier alpha value is -1.49. The van der Waals surface area contributed by atoms with Gasteiger partial charge in [0.15, 0.2) is 0 Å². The summed E-state index contributed by atoms with van der Waals surface area (Å²) >= 11 is 3.32. The molecule has 1 saturated carbocycles. The van der Waals surface area contributed by atoms with Crippen LogP contribution in [-0.4, -0.2) is 17.4 Å². The molecule has 0 heterocycles. The summed E-state index contributed by atoms with van der Waals surface area (Å²) in [6.45, 7) is 4.08. The summed E-state index contributed by atoms with van der Waals surface area (Å²) < 4.78 is 0.917. The summed E-state index contributed by atoms with van der Waals surface area (Å²) in [7, 11) is 0. The molecule has 2 rings (SSSR count). The summed E-state index contributed by atoms with van der Waals surface area (Å²) in [5.41, 5.74) is 3.74. The van der Waals surface area contributed by atoms with Gasteiger partial charge in [-0.1, -0.05) is 29.8 Å². The Morgan fingerprint density at radius 2 is 1.90 bits per heavy atom. The summed E-state index contributed by atoms with van der Waals surface area (Å²) in [5.74, 6) is -0.0845. The molecule has 1 N–H and O–H groups in total. The maximum atomic E-state index is 11.9. The molecule has 0 saturated heterocycles. The molecule has 0 spiro atoms. The molecule has 1 amide bonds. The molecular weight excluding hydrogens is 320 g/mol. The Morgan fingerprint density at radius 1 is 1.25 bits per heavy atom. The van der Waals surface area contributed by atoms with Crippen LogP contribution in [0.3, 0.4) is 0 Å². The van der Waals surface area contributed by atoms with Crippen LogP contribution in [0.4, 0.5) is 0 Å². The van der Waals surface area contributed by atoms with Gasteiger partial charge in [-0.05, 0) is 36.1 Å². The second kappa shape index (κ2) is 5.87. The van der Waals surface area contributed by atoms with Crippen molar-refractivity contribution in [2.24, 2.45) is 10.5 Å². The number of rotatable bonds is 2. The Kier molecular flexibility index (Phi) is 4.38. The lowest BCUT2D eigenvalue weighted by Crippen LogP contribution is -2.31. The number of hydrogen-bond donors (Lipinski definition) is 1. The molecule has 0 radical (unpaired) electrons. The van der Waals surface area contributed by atoms with Gasteiger partial charge in [-0.3, -0.25) is 9.59 Å². The molecule has 0 aliphatic heterocycles. The molecule has 4 nitrogen and oxygen atoms in total. The average Bonchev–Trinajstić information content (AvgIpc) is 2.34. The van der Waals surface area contributed by atoms with Crippen LogP contribution in [0.15, 0.2) is 33.8 Å². The fraction of sp³-hybridized carbons (Fsp3) is 0.400. The summed E-state index contributed by atoms with van der Waals surface area (Å²) in [4.78, 5) is 23.6. The van der Waals surface area contributed by atoms with Crippen LogP contribution in [0.25, 0.3) is 0 Å². The second-order valence-electron chi connectivity index (χ2n) is 5.86. The molecule has 1 aliphatic carbocycles. The van der Waals surface area contributed by atoms with Gasteiger partial charge in [-0.2, -0.15) is 5.10 Å². The summed E-state index contributed by atoms with van der Waals surface area (Å²) in [6, 6.07) is 7.04. The number of halogens is 1. The number of ketones is 1. The molecule has 0 bridgehead atoms. The number of carbonyl (C=O) groups is 2. The molecule has 1 fully saturated rings. The average molecular weight is 337 g/mol. The van der Waals surface area contributed by atoms with Gasteiger partial charge in [-0.15, -0.1) is 0 Å². The molecule has 0 aromatic heterocycles. The van der Waals surface area contributed by atoms with Gasteiger partial charge in [-0.25, -0.2) is 5.43 Å². The van der Waals surface area contributed by atoms with Crippen molar-refractivity contribution in [3.8, 4) is 0 Å². The molecule has 1 aliphatic rings. The van der Waals surface area contributed by atoms with E-state index in [9.17, 15) is 9.59 Å². The van der Waals surface area contributed by atoms with Gasteiger partial charge in [0.05, 0.1) is 0 Å². The van der Waals surface area contributed by atoms with E-state index < -0.39 is 0 Å². The maximum Gasteiger partial charge on any atom is 0.271 e. The van der Waals surface area contributed by atoms with Crippen molar-refractivity contribution in [2.45, 2.75) is 33.1 Å². The zero-order valence-corrected chi connectivity index (χ0v) is 13.2. The number of nitrogens with one attached hydrogen (secondary N) is 1. The molecule has 1 aromatic carbocycles. The molecular formula is C15H17BrN2O2. The van der Waals surface area contributed by atoms with E-state index in [1.54, 1.807) is 24.3 Å². The monoisotopic (exact) mass is 336 g/mol. The highest BCUT2D eigenvalue weighted by Gasteiger charge is 2.30. The van der Waals surface area contributed by atoms with Gasteiger partial charge >= 0.3 is 0 Å². The molecule has 20 heavy (non-hydrogen) atoms. The first-order valence-electron chi connectivity index (χ1n) is 6.49. The predicted molar refractivity (Wildman–Crippen MR) is 81.7 cm³/mol. The number of benzene rings is 1. The van der Waals surface area contributed by atoms with Crippen LogP contribution in [0, 0.1) is 5.41 Å². The van der Waals surface area contributed by atoms with Gasteiger partial charge < -0.3 is 0 Å². The number of Topliss-reactive ketones (excluding diaryl/α,β-unsaturated/α-hetero) is 1. The fourth-order valence-electron chi connectivity index (χ4n) is 2.38. The largest absolute Gasteiger partial charge is 0.299 e. The van der Waals surface area contributed by atoms with E-state index in [0.29, 0.717) is 18.4 Å². The van der Waals surface area contributed by atoms with E-state index >= 15 is 0 Å². The van der Waals surface area contributed by atoms with Crippen molar-refractivity contribution >= 4 is 33.3 Å². The third-order valence-electron chi connectivity index (χ3n) is 3.18. The minimum Gasteiger partial charge on any atom is -0.299 e. The smallest absolute Gasteiger partial charge is 0.271 e. The van der Waals surface area contributed by atoms with Crippen molar-refractivity contribution in [1.82, 2.24) is 5.43 Å². The van der Waals surface area contributed by atoms with Crippen LogP contribution in [-0.2, 0) is 4.79 Å². The van der Waals surface area contributed by atoms with Gasteiger partial charge in [0.25, 0.3) is 5.91 Å². The van der Waals surface area contributed by atoms with E-state index in [1.807, 2.05) is 13.8 Å². The predicted octanol–water partition coefficient (Wildman–Crippen LogP) is 3.31. The zero-order valence-electron chi connectivity index (χ0n) is 11.6. The van der Waals surface area contributed by atoms with E-state index in [1.165, 1.54) is 0 Å². The minimum absolute atomic E-state index is 0.0729. The van der Waals surface area contributed by atoms with Crippen molar-refractivity contribution < 1.29 is 9.59 Å². The van der Waals surface area contributed by atoms with Crippen LogP contribution >= 0.6 is 15.9 Å². The van der Waals surface area contributed by atoms with E-state index in [4.69, 9.17) is 0 Å². The molecule has 1 aromatic rings. The summed E-state index contributed by atoms with van der Waals surface area (Å²) in [5, 5.41) is 4.11. The Morgan fingerprint density at radius 3 is 2.50 bits per heavy atom. The fourth-order valence-corrected chi connectivity index (χ4v) is 2.64. The number of hydrazone groups is 1. The van der Waals surface area contributed by atoms with Crippen LogP contribution in [0.5, 0.6) is 0 Å². The van der Waals surface area contributed by atoms with Crippen molar-refractivity contribution in [3.05, 3.63) is 34.3 Å². The first-order chi connectivity index (χ1) is 9.35. The van der Waals surface area contributed by atoms with Gasteiger partial charge in [0, 0.05) is 28.6 Å². The third-order valence-corrected chi connectivity index (χ3v) is 3.71. The lowest BCUT2D eigenvalue weighted by molar-refractivity contribution is -0.120. The van der Waals surface area contributed by atoms with Crippen LogP contribution in [0.1, 0.15) is 43.5 Å². The summed E-state index contributed by atoms with van der Waals surface area (Å²) in [6.07, 6.45) is 1.65. The highest BCUT2D eigenvalue weighted by molar-refractivity contribution is 9.10. The third kappa shape index (κ3) is 4.00. The maximum absolute atomic E-state index is 11.9. The zero-order chi connectivity index (χ0) is 14.8. The molecule has 0 atom stereocenters. The quantitative estimate of drug-likeness (QED) is 0.842. The van der Waals surface area contributed by atoms with E-state index in [0.717, 1.165) is 16.6 Å². The van der Waals surface area contributed by atoms with Crippen LogP contribution in [0.2, 0.25) is 0 Å². The highest BCUT2D eigenvalue weighted by atomic mass is 79.9. The number of nitrogens with zero attached hydrogens (tertiary/aromatic N) is 1. The van der Waals surface area contributed by atoms with E-state index in [2.05, 4.69) is 26.5 Å². The first-order valence-corrected chi connectivity index (χ1v) is 7.28. The number of hydrogen-bond acceptors (Lipinski definition) is 3. The normalized spacial score (nSPS) is 19.9. The lowest BCUT2D eigenvalue weighted by Gasteiger charge is -2.28. The van der Waals surface area contributed by atoms with Crippen LogP contribution < -0.4 is 5.43 Å². The number of carbonyl (C=O) groups excluding carboxylic acids is 2. The number of amides is 1. The van der Waals surface area contributed by atoms with Crippen molar-refractivity contribution in [1.29, 1.82) is 0 Å². The second-order valence-corrected chi connectivity index (χ2v) is 6.77. The Balaban J connectivity index is 2.03. The van der Waals surface area contributed by atoms with E-state index in [-0.39, 0.29) is 17.1 Å². The Labute approximate surface area is 126 Å². The minimum atomic E-state index is -0.263. The van der Waals surface area contributed by atoms with Crippen molar-refractivity contribution in [3.63, 3.8) is 0 Å². The topological polar surface area (TPSA) is 58.5 Å². The SMILES string of the molecule is CC1(C)CC(=O)C/C(=N\NC(=O)c2ccc(Br)cc2)C1. The highest BCUT2D eigenvalue weighted by Crippen LogP contribution is 2.31.